The number of hydrogen-bond acceptors (Lipinski definition) is 4. The Bertz CT molecular complexity index is 3740. The van der Waals surface area contributed by atoms with Crippen molar-refractivity contribution in [3.05, 3.63) is 185 Å². The van der Waals surface area contributed by atoms with Gasteiger partial charge < -0.3 is 8.98 Å². The Morgan fingerprint density at radius 1 is 0.765 bits per heavy atom. The maximum absolute atomic E-state index is 14.5. The Balaban J connectivity index is 0.000000244. The fraction of sp³-hybridized carbons (Fsp3) is 0.217. The van der Waals surface area contributed by atoms with Gasteiger partial charge in [-0.15, -0.1) is 17.7 Å². The molecule has 0 saturated heterocycles. The summed E-state index contributed by atoms with van der Waals surface area (Å²) in [5.41, 5.74) is 12.3. The molecule has 345 valence electrons. The van der Waals surface area contributed by atoms with E-state index in [2.05, 4.69) is 115 Å². The van der Waals surface area contributed by atoms with E-state index in [1.165, 1.54) is 11.6 Å². The first-order valence-electron chi connectivity index (χ1n) is 26.0. The van der Waals surface area contributed by atoms with Gasteiger partial charge in [0.1, 0.15) is 0 Å². The SMILES string of the molecule is [2H]C([2H])([2H])c1c[c-]c(-c2cc(C([2H])(C)C)[c]([Ge]([CH3])([CH3])[CH3])cn2)c(F)c1.[2H]C([2H])([2H])c1ccc(-c2ccc3c(n2)oc2c(-c4nc5ccccc5n4-c4ccc(C(C)(C)C)cc4-c4ccccc4)[c-]cc(C)c23)cc1.[Ir]. The van der Waals surface area contributed by atoms with Gasteiger partial charge in [-0.05, 0) is 59.8 Å². The van der Waals surface area contributed by atoms with Gasteiger partial charge in [0.25, 0.3) is 0 Å². The number of nitrogens with zero attached hydrogens (tertiary/aromatic N) is 4. The van der Waals surface area contributed by atoms with E-state index in [1.54, 1.807) is 50.4 Å². The van der Waals surface area contributed by atoms with Gasteiger partial charge in [-0.1, -0.05) is 117 Å². The van der Waals surface area contributed by atoms with Crippen LogP contribution in [0.2, 0.25) is 17.3 Å². The molecule has 6 aromatic carbocycles. The van der Waals surface area contributed by atoms with Crippen molar-refractivity contribution in [1.29, 1.82) is 0 Å². The molecule has 0 aliphatic heterocycles. The molecule has 0 bridgehead atoms. The van der Waals surface area contributed by atoms with E-state index in [0.717, 1.165) is 77.2 Å². The van der Waals surface area contributed by atoms with Crippen LogP contribution in [0.5, 0.6) is 0 Å². The van der Waals surface area contributed by atoms with Crippen LogP contribution in [0.25, 0.3) is 83.8 Å². The molecule has 10 aromatic rings. The molecular weight excluding hydrogens is 1080 g/mol. The van der Waals surface area contributed by atoms with Crippen LogP contribution in [0.3, 0.4) is 0 Å². The number of rotatable bonds is 7. The van der Waals surface area contributed by atoms with Crippen LogP contribution in [0.1, 0.15) is 77.9 Å². The molecule has 4 heterocycles. The second-order valence-electron chi connectivity index (χ2n) is 19.4. The van der Waals surface area contributed by atoms with E-state index in [9.17, 15) is 4.39 Å². The summed E-state index contributed by atoms with van der Waals surface area (Å²) in [6.45, 7) is 7.84. The third-order valence-corrected chi connectivity index (χ3v) is 16.4. The van der Waals surface area contributed by atoms with Gasteiger partial charge >= 0.3 is 135 Å². The van der Waals surface area contributed by atoms with E-state index < -0.39 is 38.7 Å². The van der Waals surface area contributed by atoms with Gasteiger partial charge in [-0.25, -0.2) is 4.98 Å². The van der Waals surface area contributed by atoms with Gasteiger partial charge in [0.15, 0.2) is 0 Å². The monoisotopic (exact) mass is 1140 g/mol. The zero-order valence-electron chi connectivity index (χ0n) is 46.7. The van der Waals surface area contributed by atoms with E-state index >= 15 is 0 Å². The minimum Gasteiger partial charge on any atom is -0.486 e. The first-order valence-corrected chi connectivity index (χ1v) is 29.8. The summed E-state index contributed by atoms with van der Waals surface area (Å²) in [5.74, 6) is 5.91. The molecular formula is C60H57FGeIrN4O-2. The summed E-state index contributed by atoms with van der Waals surface area (Å²) in [5, 5.41) is 1.86. The summed E-state index contributed by atoms with van der Waals surface area (Å²) >= 11 is -2.25. The number of aromatic nitrogens is 4. The number of furan rings is 1. The van der Waals surface area contributed by atoms with Gasteiger partial charge in [-0.2, -0.15) is 0 Å². The Labute approximate surface area is 426 Å². The van der Waals surface area contributed by atoms with Gasteiger partial charge in [0.05, 0.1) is 28.1 Å². The summed E-state index contributed by atoms with van der Waals surface area (Å²) in [7, 11) is 0. The van der Waals surface area contributed by atoms with Crippen LogP contribution in [-0.2, 0) is 25.5 Å². The number of imidazole rings is 1. The van der Waals surface area contributed by atoms with Crippen molar-refractivity contribution in [1.82, 2.24) is 19.5 Å². The molecule has 10 rings (SSSR count). The summed E-state index contributed by atoms with van der Waals surface area (Å²) in [6.07, 6.45) is 1.76. The van der Waals surface area contributed by atoms with Crippen molar-refractivity contribution >= 4 is 50.8 Å². The molecule has 0 N–H and O–H groups in total. The topological polar surface area (TPSA) is 56.7 Å². The molecule has 1 radical (unpaired) electrons. The quantitative estimate of drug-likeness (QED) is 0.118. The van der Waals surface area contributed by atoms with Crippen LogP contribution in [0, 0.1) is 38.6 Å². The third kappa shape index (κ3) is 9.54. The number of fused-ring (bicyclic) bond motifs is 4. The van der Waals surface area contributed by atoms with Gasteiger partial charge in [-0.3, -0.25) is 4.98 Å². The Hall–Kier alpha value is -5.99. The number of halogens is 1. The molecule has 0 amide bonds. The first-order chi connectivity index (χ1) is 34.7. The maximum atomic E-state index is 14.5. The number of hydrogen-bond donors (Lipinski definition) is 0. The number of pyridine rings is 2. The van der Waals surface area contributed by atoms with E-state index in [0.29, 0.717) is 28.2 Å². The maximum Gasteiger partial charge on any atom is 0.216 e. The molecule has 0 saturated carbocycles. The summed E-state index contributed by atoms with van der Waals surface area (Å²) in [6, 6.07) is 48.5. The average Bonchev–Trinajstić information content (AvgIpc) is 3.92. The molecule has 0 aliphatic rings. The minimum absolute atomic E-state index is 0. The van der Waals surface area contributed by atoms with Crippen LogP contribution < -0.4 is 4.40 Å². The molecule has 4 aromatic heterocycles. The van der Waals surface area contributed by atoms with Crippen LogP contribution in [0.15, 0.2) is 144 Å². The average molecular weight is 1140 g/mol. The van der Waals surface area contributed by atoms with E-state index in [1.807, 2.05) is 42.5 Å². The standard InChI is InChI=1S/C42H34N3O.C18H23FGeN.Ir/c1-26-15-18-29(19-16-26)34-23-22-31-38-27(2)17-21-32(39(38)46-41(31)44-34)40-43-35-13-9-10-14-37(35)45(40)36-24-20-30(42(3,4)5)25-33(36)28-11-7-6-8-12-28;1-12(2)15-10-18(21-11-17(15)20(4,5)6)14-8-7-13(3)9-16(14)19;/h6-20,22-25H,1-5H3;7,9-12H,1-6H3;/q2*-1;/i1D3;3D3,12D;. The Morgan fingerprint density at radius 2 is 1.49 bits per heavy atom. The number of para-hydroxylation sites is 2. The first kappa shape index (κ1) is 40.0. The molecule has 0 aliphatic carbocycles. The van der Waals surface area contributed by atoms with E-state index in [-0.39, 0.29) is 36.6 Å². The van der Waals surface area contributed by atoms with Crippen molar-refractivity contribution in [2.45, 2.75) is 83.8 Å². The molecule has 0 spiro atoms. The normalized spacial score (nSPS) is 13.9. The van der Waals surface area contributed by atoms with Crippen molar-refractivity contribution in [2.24, 2.45) is 0 Å². The second kappa shape index (κ2) is 19.2. The summed E-state index contributed by atoms with van der Waals surface area (Å²) in [4.78, 5) is 14.5. The van der Waals surface area contributed by atoms with Crippen molar-refractivity contribution in [3.63, 3.8) is 0 Å². The largest absolute Gasteiger partial charge is 0.486 e. The van der Waals surface area contributed by atoms with Gasteiger partial charge in [0.2, 0.25) is 5.71 Å². The van der Waals surface area contributed by atoms with Crippen LogP contribution in [0.4, 0.5) is 4.39 Å². The smallest absolute Gasteiger partial charge is 0.216 e. The van der Waals surface area contributed by atoms with Crippen molar-refractivity contribution in [2.75, 3.05) is 0 Å². The third-order valence-electron chi connectivity index (χ3n) is 12.2. The molecule has 5 nitrogen and oxygen atoms in total. The fourth-order valence-electron chi connectivity index (χ4n) is 8.59. The van der Waals surface area contributed by atoms with Crippen LogP contribution >= 0.6 is 0 Å². The number of aryl methyl sites for hydroxylation is 3. The van der Waals surface area contributed by atoms with E-state index in [4.69, 9.17) is 24.0 Å². The molecule has 68 heavy (non-hydrogen) atoms. The molecule has 0 fully saturated rings. The predicted octanol–water partition coefficient (Wildman–Crippen LogP) is 15.7. The zero-order valence-corrected chi connectivity index (χ0v) is 44.2. The second-order valence-corrected chi connectivity index (χ2v) is 29.9. The number of benzene rings is 6. The zero-order chi connectivity index (χ0) is 53.3. The molecule has 8 heteroatoms. The fourth-order valence-corrected chi connectivity index (χ4v) is 11.9. The predicted molar refractivity (Wildman–Crippen MR) is 280 cm³/mol. The Morgan fingerprint density at radius 3 is 2.18 bits per heavy atom. The van der Waals surface area contributed by atoms with Crippen molar-refractivity contribution < 1.29 is 38.5 Å². The molecule has 0 unspecified atom stereocenters. The minimum atomic E-state index is -2.37. The molecule has 0 atom stereocenters. The van der Waals surface area contributed by atoms with Gasteiger partial charge in [0, 0.05) is 46.4 Å². The van der Waals surface area contributed by atoms with Crippen LogP contribution in [-0.4, -0.2) is 32.8 Å². The summed E-state index contributed by atoms with van der Waals surface area (Å²) < 4.78 is 78.2. The van der Waals surface area contributed by atoms with Crippen molar-refractivity contribution in [3.8, 4) is 50.7 Å². The Kier molecular flexibility index (Phi) is 11.3.